The van der Waals surface area contributed by atoms with Crippen molar-refractivity contribution < 1.29 is 4.79 Å². The predicted molar refractivity (Wildman–Crippen MR) is 105 cm³/mol. The smallest absolute Gasteiger partial charge is 0.263 e. The second kappa shape index (κ2) is 6.79. The quantitative estimate of drug-likeness (QED) is 0.640. The third-order valence-corrected chi connectivity index (χ3v) is 6.92. The summed E-state index contributed by atoms with van der Waals surface area (Å²) in [5.41, 5.74) is 4.92. The number of nitrogens with one attached hydrogen (secondary N) is 1. The molecule has 7 nitrogen and oxygen atoms in total. The van der Waals surface area contributed by atoms with Gasteiger partial charge in [0.1, 0.15) is 6.54 Å². The molecule has 4 saturated carbocycles. The van der Waals surface area contributed by atoms with Crippen LogP contribution in [0.2, 0.25) is 0 Å². The number of nitrogens with zero attached hydrogens (tertiary/aromatic N) is 5. The number of hydrogen-bond donors (Lipinski definition) is 1. The number of amides is 1. The summed E-state index contributed by atoms with van der Waals surface area (Å²) in [6.07, 6.45) is 7.95. The highest BCUT2D eigenvalue weighted by Gasteiger charge is 2.52. The number of benzene rings is 1. The minimum atomic E-state index is -0.221. The highest BCUT2D eigenvalue weighted by Crippen LogP contribution is 2.60. The molecule has 6 rings (SSSR count). The third kappa shape index (κ3) is 3.23. The third-order valence-electron chi connectivity index (χ3n) is 6.92. The van der Waals surface area contributed by atoms with E-state index in [0.29, 0.717) is 5.82 Å². The van der Waals surface area contributed by atoms with E-state index in [1.807, 2.05) is 30.3 Å². The topological polar surface area (TPSA) is 85.1 Å². The van der Waals surface area contributed by atoms with E-state index in [-0.39, 0.29) is 17.9 Å². The number of rotatable bonds is 5. The van der Waals surface area contributed by atoms with Crippen LogP contribution in [0.15, 0.2) is 35.4 Å². The molecule has 4 aliphatic carbocycles. The SMILES string of the molecule is C/C(=N/NC(=O)Cn1nnc(-c2ccccc2)n1)C12CC3CC(CC(C3)C1)C2. The number of tetrazole rings is 1. The van der Waals surface area contributed by atoms with E-state index < -0.39 is 0 Å². The van der Waals surface area contributed by atoms with Crippen LogP contribution in [0.3, 0.4) is 0 Å². The summed E-state index contributed by atoms with van der Waals surface area (Å²) in [5.74, 6) is 2.89. The highest BCUT2D eigenvalue weighted by molar-refractivity contribution is 5.89. The molecule has 0 spiro atoms. The number of hydrazone groups is 1. The van der Waals surface area contributed by atoms with Gasteiger partial charge in [0.15, 0.2) is 0 Å². The minimum Gasteiger partial charge on any atom is -0.271 e. The summed E-state index contributed by atoms with van der Waals surface area (Å²) in [7, 11) is 0. The summed E-state index contributed by atoms with van der Waals surface area (Å²) in [5, 5.41) is 16.8. The Bertz CT molecular complexity index is 867. The summed E-state index contributed by atoms with van der Waals surface area (Å²) < 4.78 is 0. The first-order valence-electron chi connectivity index (χ1n) is 10.3. The van der Waals surface area contributed by atoms with E-state index in [0.717, 1.165) is 29.0 Å². The van der Waals surface area contributed by atoms with Gasteiger partial charge in [0, 0.05) is 16.7 Å². The van der Waals surface area contributed by atoms with Crippen LogP contribution in [0.25, 0.3) is 11.4 Å². The van der Waals surface area contributed by atoms with Gasteiger partial charge in [-0.2, -0.15) is 9.90 Å². The molecule has 0 unspecified atom stereocenters. The van der Waals surface area contributed by atoms with Crippen molar-refractivity contribution in [2.75, 3.05) is 0 Å². The van der Waals surface area contributed by atoms with Crippen LogP contribution >= 0.6 is 0 Å². The Balaban J connectivity index is 1.22. The maximum Gasteiger partial charge on any atom is 0.263 e. The van der Waals surface area contributed by atoms with Crippen molar-refractivity contribution in [1.29, 1.82) is 0 Å². The molecule has 1 heterocycles. The Kier molecular flexibility index (Phi) is 4.25. The Morgan fingerprint density at radius 1 is 1.14 bits per heavy atom. The zero-order valence-electron chi connectivity index (χ0n) is 16.2. The van der Waals surface area contributed by atoms with Gasteiger partial charge >= 0.3 is 0 Å². The standard InChI is InChI=1S/C21H26N6O/c1-14(21-10-15-7-16(11-21)9-17(8-15)12-21)22-23-19(28)13-27-25-20(24-26-27)18-5-3-2-4-6-18/h2-6,15-17H,7-13H2,1H3,(H,23,28)/b22-14-. The van der Waals surface area contributed by atoms with Crippen LogP contribution in [0.4, 0.5) is 0 Å². The van der Waals surface area contributed by atoms with Crippen LogP contribution in [0, 0.1) is 23.2 Å². The van der Waals surface area contributed by atoms with Gasteiger partial charge < -0.3 is 0 Å². The molecule has 0 aliphatic heterocycles. The summed E-state index contributed by atoms with van der Waals surface area (Å²) >= 11 is 0. The van der Waals surface area contributed by atoms with Gasteiger partial charge in [-0.05, 0) is 68.4 Å². The first kappa shape index (κ1) is 17.5. The average Bonchev–Trinajstić information content (AvgIpc) is 3.14. The maximum absolute atomic E-state index is 12.3. The van der Waals surface area contributed by atoms with E-state index in [2.05, 4.69) is 32.9 Å². The van der Waals surface area contributed by atoms with E-state index >= 15 is 0 Å². The molecular weight excluding hydrogens is 352 g/mol. The van der Waals surface area contributed by atoms with Gasteiger partial charge in [-0.1, -0.05) is 30.3 Å². The van der Waals surface area contributed by atoms with Gasteiger partial charge in [-0.25, -0.2) is 5.43 Å². The van der Waals surface area contributed by atoms with Crippen LogP contribution in [0.1, 0.15) is 45.4 Å². The van der Waals surface area contributed by atoms with Crippen molar-refractivity contribution in [2.24, 2.45) is 28.3 Å². The average molecular weight is 378 g/mol. The first-order chi connectivity index (χ1) is 13.6. The van der Waals surface area contributed by atoms with Crippen molar-refractivity contribution in [1.82, 2.24) is 25.6 Å². The Morgan fingerprint density at radius 2 is 1.79 bits per heavy atom. The minimum absolute atomic E-state index is 0.0114. The molecule has 1 aromatic carbocycles. The van der Waals surface area contributed by atoms with Crippen LogP contribution in [-0.2, 0) is 11.3 Å². The Morgan fingerprint density at radius 3 is 2.43 bits per heavy atom. The van der Waals surface area contributed by atoms with Crippen molar-refractivity contribution in [2.45, 2.75) is 52.0 Å². The molecule has 0 atom stereocenters. The molecule has 0 saturated heterocycles. The molecule has 0 radical (unpaired) electrons. The molecule has 7 heteroatoms. The normalized spacial score (nSPS) is 31.2. The van der Waals surface area contributed by atoms with E-state index in [9.17, 15) is 4.79 Å². The molecule has 2 aromatic rings. The van der Waals surface area contributed by atoms with Crippen molar-refractivity contribution in [3.63, 3.8) is 0 Å². The van der Waals surface area contributed by atoms with E-state index in [1.54, 1.807) is 0 Å². The lowest BCUT2D eigenvalue weighted by molar-refractivity contribution is -0.122. The summed E-state index contributed by atoms with van der Waals surface area (Å²) in [6, 6.07) is 9.61. The highest BCUT2D eigenvalue weighted by atomic mass is 16.2. The Hall–Kier alpha value is -2.57. The molecule has 1 N–H and O–H groups in total. The second-order valence-electron chi connectivity index (χ2n) is 8.94. The molecule has 4 bridgehead atoms. The lowest BCUT2D eigenvalue weighted by Gasteiger charge is -2.56. The fourth-order valence-corrected chi connectivity index (χ4v) is 6.00. The van der Waals surface area contributed by atoms with Gasteiger partial charge in [-0.15, -0.1) is 10.2 Å². The summed E-state index contributed by atoms with van der Waals surface area (Å²) in [4.78, 5) is 13.7. The number of carbonyl (C=O) groups is 1. The molecule has 28 heavy (non-hydrogen) atoms. The molecule has 4 aliphatic rings. The lowest BCUT2D eigenvalue weighted by Crippen LogP contribution is -2.49. The van der Waals surface area contributed by atoms with Crippen LogP contribution < -0.4 is 5.43 Å². The monoisotopic (exact) mass is 378 g/mol. The predicted octanol–water partition coefficient (Wildman–Crippen LogP) is 3.05. The Labute approximate surface area is 164 Å². The summed E-state index contributed by atoms with van der Waals surface area (Å²) in [6.45, 7) is 2.10. The first-order valence-corrected chi connectivity index (χ1v) is 10.3. The second-order valence-corrected chi connectivity index (χ2v) is 8.94. The van der Waals surface area contributed by atoms with Crippen LogP contribution in [-0.4, -0.2) is 31.8 Å². The largest absolute Gasteiger partial charge is 0.271 e. The molecule has 146 valence electrons. The van der Waals surface area contributed by atoms with Gasteiger partial charge in [-0.3, -0.25) is 4.79 Å². The van der Waals surface area contributed by atoms with Crippen molar-refractivity contribution >= 4 is 11.6 Å². The maximum atomic E-state index is 12.3. The zero-order chi connectivity index (χ0) is 19.1. The molecular formula is C21H26N6O. The fourth-order valence-electron chi connectivity index (χ4n) is 6.00. The van der Waals surface area contributed by atoms with E-state index in [4.69, 9.17) is 0 Å². The molecule has 4 fully saturated rings. The van der Waals surface area contributed by atoms with E-state index in [1.165, 1.54) is 43.3 Å². The van der Waals surface area contributed by atoms with Gasteiger partial charge in [0.05, 0.1) is 0 Å². The molecule has 1 aromatic heterocycles. The zero-order valence-corrected chi connectivity index (χ0v) is 16.2. The van der Waals surface area contributed by atoms with Crippen molar-refractivity contribution in [3.05, 3.63) is 30.3 Å². The van der Waals surface area contributed by atoms with Crippen molar-refractivity contribution in [3.8, 4) is 11.4 Å². The van der Waals surface area contributed by atoms with Gasteiger partial charge in [0.25, 0.3) is 5.91 Å². The lowest BCUT2D eigenvalue weighted by atomic mass is 9.48. The van der Waals surface area contributed by atoms with Crippen LogP contribution in [0.5, 0.6) is 0 Å². The van der Waals surface area contributed by atoms with Gasteiger partial charge in [0.2, 0.25) is 5.82 Å². The number of carbonyl (C=O) groups excluding carboxylic acids is 1. The molecule has 1 amide bonds. The fraction of sp³-hybridized carbons (Fsp3) is 0.571. The number of hydrogen-bond acceptors (Lipinski definition) is 5. The number of aromatic nitrogens is 4.